The summed E-state index contributed by atoms with van der Waals surface area (Å²) >= 11 is 0. The molecule has 0 spiro atoms. The lowest BCUT2D eigenvalue weighted by molar-refractivity contribution is -0.130. The lowest BCUT2D eigenvalue weighted by Crippen LogP contribution is -2.50. The van der Waals surface area contributed by atoms with Crippen LogP contribution < -0.4 is 5.32 Å². The molecule has 1 amide bonds. The van der Waals surface area contributed by atoms with Gasteiger partial charge in [0, 0.05) is 0 Å². The van der Waals surface area contributed by atoms with Crippen LogP contribution in [0.1, 0.15) is 194 Å². The molecule has 0 aromatic carbocycles. The second-order valence-electron chi connectivity index (χ2n) is 14.0. The summed E-state index contributed by atoms with van der Waals surface area (Å²) in [5.41, 5.74) is 0. The van der Waals surface area contributed by atoms with Crippen LogP contribution in [0.2, 0.25) is 0 Å². The highest BCUT2D eigenvalue weighted by Crippen LogP contribution is 2.14. The summed E-state index contributed by atoms with van der Waals surface area (Å²) in [5, 5.41) is 23.3. The maximum absolute atomic E-state index is 12.5. The number of nitrogens with one attached hydrogen (secondary N) is 1. The third-order valence-electron chi connectivity index (χ3n) is 9.15. The molecule has 4 N–H and O–H groups in total. The Labute approximate surface area is 302 Å². The Kier molecular flexibility index (Phi) is 33.9. The Balaban J connectivity index is 3.96. The van der Waals surface area contributed by atoms with E-state index in [1.165, 1.54) is 128 Å². The molecule has 0 saturated heterocycles. The number of hydrogen-bond donors (Lipinski definition) is 4. The molecule has 3 unspecified atom stereocenters. The van der Waals surface area contributed by atoms with Crippen molar-refractivity contribution in [3.05, 3.63) is 36.5 Å². The van der Waals surface area contributed by atoms with Crippen molar-refractivity contribution in [1.29, 1.82) is 0 Å². The third kappa shape index (κ3) is 34.7. The van der Waals surface area contributed by atoms with Gasteiger partial charge >= 0.3 is 0 Å². The van der Waals surface area contributed by atoms with E-state index in [-0.39, 0.29) is 6.42 Å². The van der Waals surface area contributed by atoms with Gasteiger partial charge < -0.3 is 15.5 Å². The van der Waals surface area contributed by atoms with Crippen LogP contribution in [-0.2, 0) is 14.9 Å². The Morgan fingerprint density at radius 2 is 0.918 bits per heavy atom. The molecule has 0 saturated carbocycles. The molecule has 0 aliphatic carbocycles. The fraction of sp³-hybridized carbons (Fsp3) is 0.829. The summed E-state index contributed by atoms with van der Waals surface area (Å²) in [6.45, 7) is 4.46. The van der Waals surface area contributed by atoms with Crippen molar-refractivity contribution in [3.63, 3.8) is 0 Å². The summed E-state index contributed by atoms with van der Waals surface area (Å²) in [5.74, 6) is -1.56. The van der Waals surface area contributed by atoms with Gasteiger partial charge in [0.15, 0.2) is 0 Å². The van der Waals surface area contributed by atoms with Crippen LogP contribution in [0.5, 0.6) is 0 Å². The highest BCUT2D eigenvalue weighted by Gasteiger charge is 2.27. The number of carbonyl (C=O) groups is 1. The molecular formula is C41H77NO6S. The van der Waals surface area contributed by atoms with E-state index < -0.39 is 40.0 Å². The zero-order valence-electron chi connectivity index (χ0n) is 31.7. The zero-order valence-corrected chi connectivity index (χ0v) is 32.5. The van der Waals surface area contributed by atoms with Crippen LogP contribution in [0.4, 0.5) is 0 Å². The molecule has 0 fully saturated rings. The van der Waals surface area contributed by atoms with Crippen molar-refractivity contribution >= 4 is 16.0 Å². The number of hydrogen-bond acceptors (Lipinski definition) is 5. The molecule has 8 heteroatoms. The molecule has 0 aromatic rings. The minimum absolute atomic E-state index is 0.267. The van der Waals surface area contributed by atoms with Crippen LogP contribution in [0, 0.1) is 0 Å². The van der Waals surface area contributed by atoms with Crippen molar-refractivity contribution in [1.82, 2.24) is 5.32 Å². The van der Waals surface area contributed by atoms with Gasteiger partial charge in [-0.1, -0.05) is 172 Å². The number of amides is 1. The summed E-state index contributed by atoms with van der Waals surface area (Å²) in [6.07, 6.45) is 42.2. The van der Waals surface area contributed by atoms with Crippen LogP contribution in [0.25, 0.3) is 0 Å². The Hall–Kier alpha value is -1.48. The van der Waals surface area contributed by atoms with E-state index >= 15 is 0 Å². The number of rotatable bonds is 36. The highest BCUT2D eigenvalue weighted by molar-refractivity contribution is 7.85. The molecule has 49 heavy (non-hydrogen) atoms. The molecule has 0 aromatic heterocycles. The third-order valence-corrected chi connectivity index (χ3v) is 9.93. The molecule has 7 nitrogen and oxygen atoms in total. The van der Waals surface area contributed by atoms with Crippen molar-refractivity contribution in [3.8, 4) is 0 Å². The van der Waals surface area contributed by atoms with E-state index in [4.69, 9.17) is 0 Å². The van der Waals surface area contributed by atoms with E-state index in [9.17, 15) is 28.0 Å². The van der Waals surface area contributed by atoms with Gasteiger partial charge in [-0.25, -0.2) is 0 Å². The molecule has 0 rings (SSSR count). The number of carbonyl (C=O) groups excluding carboxylic acids is 1. The van der Waals surface area contributed by atoms with E-state index in [0.717, 1.165) is 38.5 Å². The predicted octanol–water partition coefficient (Wildman–Crippen LogP) is 10.7. The van der Waals surface area contributed by atoms with Crippen molar-refractivity contribution in [2.75, 3.05) is 5.75 Å². The molecular weight excluding hydrogens is 635 g/mol. The summed E-state index contributed by atoms with van der Waals surface area (Å²) in [7, 11) is -4.45. The Morgan fingerprint density at radius 1 is 0.551 bits per heavy atom. The molecule has 0 aliphatic heterocycles. The summed E-state index contributed by atoms with van der Waals surface area (Å²) < 4.78 is 32.4. The van der Waals surface area contributed by atoms with E-state index in [1.807, 2.05) is 0 Å². The average Bonchev–Trinajstić information content (AvgIpc) is 3.06. The number of allylic oxidation sites excluding steroid dienone is 5. The topological polar surface area (TPSA) is 124 Å². The standard InChI is InChI=1S/C41H77NO6S/c1-3-5-7-9-11-13-15-16-17-18-19-20-21-22-23-24-25-26-28-30-32-34-36-40(44)41(45)42-38(37-49(46,47)48)39(43)35-33-31-29-27-14-12-10-8-6-4-2/h14,22-23,27,33,35,38-40,43-44H,3-13,15-21,24-26,28-32,34,36-37H2,1-2H3,(H,42,45)(H,46,47,48)/b23-22-,27-14+,35-33+. The molecule has 288 valence electrons. The maximum atomic E-state index is 12.5. The molecule has 0 heterocycles. The van der Waals surface area contributed by atoms with Gasteiger partial charge in [0.2, 0.25) is 5.91 Å². The molecule has 0 bridgehead atoms. The molecule has 3 atom stereocenters. The normalized spacial score (nSPS) is 14.3. The smallest absolute Gasteiger partial charge is 0.267 e. The zero-order chi connectivity index (χ0) is 36.3. The minimum Gasteiger partial charge on any atom is -0.387 e. The summed E-state index contributed by atoms with van der Waals surface area (Å²) in [6, 6.07) is -1.25. The first kappa shape index (κ1) is 47.5. The average molecular weight is 712 g/mol. The van der Waals surface area contributed by atoms with Gasteiger partial charge in [-0.15, -0.1) is 0 Å². The first-order valence-electron chi connectivity index (χ1n) is 20.3. The van der Waals surface area contributed by atoms with E-state index in [1.54, 1.807) is 6.08 Å². The van der Waals surface area contributed by atoms with Crippen LogP contribution in [-0.4, -0.2) is 53.1 Å². The van der Waals surface area contributed by atoms with Crippen LogP contribution >= 0.6 is 0 Å². The van der Waals surface area contributed by atoms with E-state index in [0.29, 0.717) is 12.8 Å². The Bertz CT molecular complexity index is 932. The second-order valence-corrected chi connectivity index (χ2v) is 15.5. The van der Waals surface area contributed by atoms with Crippen molar-refractivity contribution < 1.29 is 28.0 Å². The lowest BCUT2D eigenvalue weighted by Gasteiger charge is -2.22. The SMILES string of the molecule is CCCCCC/C=C/CC/C=C/C(O)C(CS(=O)(=O)O)NC(=O)C(O)CCCCCCCC/C=C\CCCCCCCCCCCCCC. The van der Waals surface area contributed by atoms with Gasteiger partial charge in [0.1, 0.15) is 6.10 Å². The predicted molar refractivity (Wildman–Crippen MR) is 208 cm³/mol. The second kappa shape index (κ2) is 34.9. The number of unbranched alkanes of at least 4 members (excludes halogenated alkanes) is 23. The number of aliphatic hydroxyl groups is 2. The van der Waals surface area contributed by atoms with Crippen molar-refractivity contribution in [2.45, 2.75) is 212 Å². The van der Waals surface area contributed by atoms with E-state index in [2.05, 4.69) is 43.5 Å². The van der Waals surface area contributed by atoms with Gasteiger partial charge in [-0.3, -0.25) is 9.35 Å². The van der Waals surface area contributed by atoms with Gasteiger partial charge in [-0.05, 0) is 57.8 Å². The lowest BCUT2D eigenvalue weighted by atomic mass is 10.0. The van der Waals surface area contributed by atoms with Gasteiger partial charge in [-0.2, -0.15) is 8.42 Å². The first-order valence-corrected chi connectivity index (χ1v) is 21.9. The fourth-order valence-electron chi connectivity index (χ4n) is 6.00. The molecule has 0 radical (unpaired) electrons. The fourth-order valence-corrected chi connectivity index (χ4v) is 6.73. The highest BCUT2D eigenvalue weighted by atomic mass is 32.2. The van der Waals surface area contributed by atoms with Crippen molar-refractivity contribution in [2.24, 2.45) is 0 Å². The van der Waals surface area contributed by atoms with Crippen LogP contribution in [0.15, 0.2) is 36.5 Å². The Morgan fingerprint density at radius 3 is 1.37 bits per heavy atom. The van der Waals surface area contributed by atoms with Gasteiger partial charge in [0.25, 0.3) is 10.1 Å². The number of aliphatic hydroxyl groups excluding tert-OH is 2. The largest absolute Gasteiger partial charge is 0.387 e. The molecule has 0 aliphatic rings. The monoisotopic (exact) mass is 712 g/mol. The summed E-state index contributed by atoms with van der Waals surface area (Å²) in [4.78, 5) is 12.5. The van der Waals surface area contributed by atoms with Crippen LogP contribution in [0.3, 0.4) is 0 Å². The quantitative estimate of drug-likeness (QED) is 0.0291. The van der Waals surface area contributed by atoms with Gasteiger partial charge in [0.05, 0.1) is 17.9 Å². The maximum Gasteiger partial charge on any atom is 0.267 e. The first-order chi connectivity index (χ1) is 23.7. The minimum atomic E-state index is -4.45.